The molecule has 1 aromatic carbocycles. The first kappa shape index (κ1) is 10.9. The molecule has 0 unspecified atom stereocenters. The molecule has 0 saturated carbocycles. The van der Waals surface area contributed by atoms with Gasteiger partial charge in [0.2, 0.25) is 0 Å². The van der Waals surface area contributed by atoms with Crippen molar-refractivity contribution in [2.24, 2.45) is 0 Å². The maximum Gasteiger partial charge on any atom is 0.251 e. The smallest absolute Gasteiger partial charge is 0.251 e. The van der Waals surface area contributed by atoms with Crippen LogP contribution in [-0.2, 0) is 12.8 Å². The van der Waals surface area contributed by atoms with E-state index >= 15 is 0 Å². The molecule has 0 bridgehead atoms. The molecule has 0 aliphatic heterocycles. The maximum absolute atomic E-state index is 11.5. The number of nitrogens with one attached hydrogen (secondary N) is 1. The summed E-state index contributed by atoms with van der Waals surface area (Å²) in [5, 5.41) is 2.66. The Morgan fingerprint density at radius 2 is 1.81 bits per heavy atom. The van der Waals surface area contributed by atoms with Crippen molar-refractivity contribution >= 4 is 5.91 Å². The fourth-order valence-corrected chi connectivity index (χ4v) is 2.10. The number of carbonyl (C=O) groups excluding carboxylic acids is 1. The first-order chi connectivity index (χ1) is 7.81. The minimum atomic E-state index is 0.000372. The molecule has 0 atom stereocenters. The van der Waals surface area contributed by atoms with E-state index in [1.54, 1.807) is 7.05 Å². The van der Waals surface area contributed by atoms with Crippen LogP contribution in [0.25, 0.3) is 0 Å². The lowest BCUT2D eigenvalue weighted by molar-refractivity contribution is 0.0963. The van der Waals surface area contributed by atoms with Crippen LogP contribution in [0.4, 0.5) is 0 Å². The average Bonchev–Trinajstić information content (AvgIpc) is 2.28. The molecule has 0 saturated heterocycles. The minimum absolute atomic E-state index is 0.000372. The summed E-state index contributed by atoms with van der Waals surface area (Å²) in [6.45, 7) is 0. The molecule has 0 aromatic heterocycles. The topological polar surface area (TPSA) is 29.1 Å². The van der Waals surface area contributed by atoms with Gasteiger partial charge in [0.25, 0.3) is 5.91 Å². The Kier molecular flexibility index (Phi) is 3.40. The zero-order valence-electron chi connectivity index (χ0n) is 9.62. The van der Waals surface area contributed by atoms with Crippen LogP contribution in [0.5, 0.6) is 0 Å². The third-order valence-electron chi connectivity index (χ3n) is 3.02. The molecular formula is C14H17NO. The summed E-state index contributed by atoms with van der Waals surface area (Å²) in [5.74, 6) is 0.000372. The standard InChI is InChI=1S/C14H17NO/c1-15-14(16)13-9-8-11-6-4-2-3-5-7-12(11)10-13/h2-3,8-10H,4-7H2,1H3,(H,15,16). The quantitative estimate of drug-likeness (QED) is 0.716. The van der Waals surface area contributed by atoms with E-state index in [4.69, 9.17) is 0 Å². The number of benzene rings is 1. The summed E-state index contributed by atoms with van der Waals surface area (Å²) < 4.78 is 0. The van der Waals surface area contributed by atoms with Gasteiger partial charge in [-0.25, -0.2) is 0 Å². The molecule has 1 aromatic rings. The van der Waals surface area contributed by atoms with Gasteiger partial charge in [-0.3, -0.25) is 4.79 Å². The maximum atomic E-state index is 11.5. The van der Waals surface area contributed by atoms with Crippen LogP contribution < -0.4 is 5.32 Å². The van der Waals surface area contributed by atoms with Gasteiger partial charge in [0.1, 0.15) is 0 Å². The summed E-state index contributed by atoms with van der Waals surface area (Å²) in [6, 6.07) is 6.05. The molecule has 2 rings (SSSR count). The van der Waals surface area contributed by atoms with E-state index in [2.05, 4.69) is 23.5 Å². The Morgan fingerprint density at radius 3 is 2.50 bits per heavy atom. The predicted molar refractivity (Wildman–Crippen MR) is 65.6 cm³/mol. The van der Waals surface area contributed by atoms with Crippen LogP contribution in [0, 0.1) is 0 Å². The predicted octanol–water partition coefficient (Wildman–Crippen LogP) is 2.48. The third kappa shape index (κ3) is 2.32. The lowest BCUT2D eigenvalue weighted by Crippen LogP contribution is -2.18. The number of hydrogen-bond donors (Lipinski definition) is 1. The van der Waals surface area contributed by atoms with E-state index in [1.165, 1.54) is 11.1 Å². The molecule has 0 heterocycles. The summed E-state index contributed by atoms with van der Waals surface area (Å²) in [7, 11) is 1.67. The minimum Gasteiger partial charge on any atom is -0.355 e. The summed E-state index contributed by atoms with van der Waals surface area (Å²) in [5.41, 5.74) is 3.48. The number of carbonyl (C=O) groups is 1. The van der Waals surface area contributed by atoms with Crippen LogP contribution >= 0.6 is 0 Å². The molecule has 2 nitrogen and oxygen atoms in total. The monoisotopic (exact) mass is 215 g/mol. The molecule has 0 spiro atoms. The van der Waals surface area contributed by atoms with Crippen molar-refractivity contribution in [3.8, 4) is 0 Å². The van der Waals surface area contributed by atoms with Crippen molar-refractivity contribution in [1.29, 1.82) is 0 Å². The lowest BCUT2D eigenvalue weighted by Gasteiger charge is -2.12. The van der Waals surface area contributed by atoms with Gasteiger partial charge >= 0.3 is 0 Å². The highest BCUT2D eigenvalue weighted by Gasteiger charge is 2.08. The van der Waals surface area contributed by atoms with Crippen molar-refractivity contribution < 1.29 is 4.79 Å². The van der Waals surface area contributed by atoms with E-state index in [1.807, 2.05) is 12.1 Å². The second kappa shape index (κ2) is 4.97. The lowest BCUT2D eigenvalue weighted by atomic mass is 9.94. The van der Waals surface area contributed by atoms with E-state index in [-0.39, 0.29) is 5.91 Å². The van der Waals surface area contributed by atoms with Gasteiger partial charge in [-0.05, 0) is 48.9 Å². The first-order valence-electron chi connectivity index (χ1n) is 5.80. The van der Waals surface area contributed by atoms with Gasteiger partial charge in [-0.2, -0.15) is 0 Å². The van der Waals surface area contributed by atoms with Gasteiger partial charge in [0, 0.05) is 12.6 Å². The SMILES string of the molecule is CNC(=O)c1ccc2c(c1)CCC=CCC2. The number of rotatable bonds is 1. The fourth-order valence-electron chi connectivity index (χ4n) is 2.10. The van der Waals surface area contributed by atoms with Gasteiger partial charge < -0.3 is 5.32 Å². The first-order valence-corrected chi connectivity index (χ1v) is 5.80. The Labute approximate surface area is 96.4 Å². The third-order valence-corrected chi connectivity index (χ3v) is 3.02. The normalized spacial score (nSPS) is 14.8. The highest BCUT2D eigenvalue weighted by Crippen LogP contribution is 2.18. The van der Waals surface area contributed by atoms with E-state index in [9.17, 15) is 4.79 Å². The van der Waals surface area contributed by atoms with Crippen molar-refractivity contribution in [3.63, 3.8) is 0 Å². The van der Waals surface area contributed by atoms with E-state index in [0.717, 1.165) is 31.2 Å². The second-order valence-electron chi connectivity index (χ2n) is 4.11. The molecule has 1 aliphatic rings. The summed E-state index contributed by atoms with van der Waals surface area (Å²) in [6.07, 6.45) is 8.78. The molecule has 16 heavy (non-hydrogen) atoms. The molecule has 1 N–H and O–H groups in total. The van der Waals surface area contributed by atoms with Crippen molar-refractivity contribution in [2.75, 3.05) is 7.05 Å². The van der Waals surface area contributed by atoms with Crippen LogP contribution in [0.2, 0.25) is 0 Å². The molecule has 1 aliphatic carbocycles. The molecule has 0 fully saturated rings. The number of fused-ring (bicyclic) bond motifs is 1. The Balaban J connectivity index is 2.30. The molecule has 0 radical (unpaired) electrons. The molecule has 1 amide bonds. The second-order valence-corrected chi connectivity index (χ2v) is 4.11. The summed E-state index contributed by atoms with van der Waals surface area (Å²) in [4.78, 5) is 11.5. The highest BCUT2D eigenvalue weighted by molar-refractivity contribution is 5.94. The fraction of sp³-hybridized carbons (Fsp3) is 0.357. The largest absolute Gasteiger partial charge is 0.355 e. The molecular weight excluding hydrogens is 198 g/mol. The van der Waals surface area contributed by atoms with Gasteiger partial charge in [-0.1, -0.05) is 18.2 Å². The van der Waals surface area contributed by atoms with E-state index in [0.29, 0.717) is 0 Å². The van der Waals surface area contributed by atoms with Crippen molar-refractivity contribution in [2.45, 2.75) is 25.7 Å². The Hall–Kier alpha value is -1.57. The van der Waals surface area contributed by atoms with E-state index < -0.39 is 0 Å². The van der Waals surface area contributed by atoms with Crippen LogP contribution in [0.3, 0.4) is 0 Å². The number of hydrogen-bond acceptors (Lipinski definition) is 1. The molecule has 84 valence electrons. The zero-order chi connectivity index (χ0) is 11.4. The molecule has 2 heteroatoms. The van der Waals surface area contributed by atoms with Gasteiger partial charge in [0.15, 0.2) is 0 Å². The zero-order valence-corrected chi connectivity index (χ0v) is 9.62. The number of amides is 1. The Bertz CT molecular complexity index is 421. The number of aryl methyl sites for hydroxylation is 2. The van der Waals surface area contributed by atoms with Gasteiger partial charge in [0.05, 0.1) is 0 Å². The highest BCUT2D eigenvalue weighted by atomic mass is 16.1. The van der Waals surface area contributed by atoms with Crippen LogP contribution in [0.1, 0.15) is 34.3 Å². The van der Waals surface area contributed by atoms with Crippen LogP contribution in [-0.4, -0.2) is 13.0 Å². The van der Waals surface area contributed by atoms with Crippen molar-refractivity contribution in [1.82, 2.24) is 5.32 Å². The van der Waals surface area contributed by atoms with Crippen molar-refractivity contribution in [3.05, 3.63) is 47.0 Å². The number of allylic oxidation sites excluding steroid dienone is 2. The Morgan fingerprint density at radius 1 is 1.12 bits per heavy atom. The van der Waals surface area contributed by atoms with Crippen LogP contribution in [0.15, 0.2) is 30.4 Å². The van der Waals surface area contributed by atoms with Gasteiger partial charge in [-0.15, -0.1) is 0 Å². The average molecular weight is 215 g/mol. The summed E-state index contributed by atoms with van der Waals surface area (Å²) >= 11 is 0.